The smallest absolute Gasteiger partial charge is 0.171 e. The van der Waals surface area contributed by atoms with E-state index in [1.54, 1.807) is 0 Å². The van der Waals surface area contributed by atoms with Gasteiger partial charge in [0, 0.05) is 23.1 Å². The molecule has 1 atom stereocenters. The van der Waals surface area contributed by atoms with Gasteiger partial charge in [-0.05, 0) is 27.8 Å². The minimum absolute atomic E-state index is 0.105. The molecule has 0 N–H and O–H groups in total. The molecule has 5 aromatic rings. The van der Waals surface area contributed by atoms with Gasteiger partial charge in [-0.3, -0.25) is 9.79 Å². The fraction of sp³-hybridized carbons (Fsp3) is 0.100. The first-order valence-corrected chi connectivity index (χ1v) is 14.5. The highest BCUT2D eigenvalue weighted by molar-refractivity contribution is 6.11. The van der Waals surface area contributed by atoms with Crippen LogP contribution in [0.1, 0.15) is 39.7 Å². The topological polar surface area (TPSA) is 29.4 Å². The largest absolute Gasteiger partial charge is 0.293 e. The first-order valence-electron chi connectivity index (χ1n) is 14.5. The minimum atomic E-state index is -0.400. The van der Waals surface area contributed by atoms with Gasteiger partial charge in [-0.15, -0.1) is 0 Å². The van der Waals surface area contributed by atoms with E-state index in [9.17, 15) is 4.79 Å². The van der Waals surface area contributed by atoms with Crippen LogP contribution in [0.3, 0.4) is 0 Å². The molecule has 0 spiro atoms. The molecule has 204 valence electrons. The Bertz CT molecular complexity index is 1610. The van der Waals surface area contributed by atoms with Crippen LogP contribution < -0.4 is 0 Å². The molecule has 0 amide bonds. The number of nitrogens with zero attached hydrogens (tertiary/aromatic N) is 1. The molecule has 0 aromatic heterocycles. The molecule has 0 heterocycles. The molecule has 0 fully saturated rings. The molecule has 0 saturated carbocycles. The normalized spacial score (nSPS) is 14.8. The lowest BCUT2D eigenvalue weighted by molar-refractivity contribution is -0.116. The number of aliphatic imine (C=N–C) groups is 1. The van der Waals surface area contributed by atoms with Crippen molar-refractivity contribution in [2.45, 2.75) is 18.4 Å². The number of carbonyl (C=O) groups excluding carboxylic acids is 1. The second-order valence-electron chi connectivity index (χ2n) is 10.6. The van der Waals surface area contributed by atoms with E-state index >= 15 is 0 Å². The average molecular weight is 544 g/mol. The summed E-state index contributed by atoms with van der Waals surface area (Å²) in [7, 11) is 0. The third kappa shape index (κ3) is 5.99. The predicted octanol–water partition coefficient (Wildman–Crippen LogP) is 8.97. The van der Waals surface area contributed by atoms with E-state index in [4.69, 9.17) is 4.99 Å². The summed E-state index contributed by atoms with van der Waals surface area (Å²) in [5, 5.41) is 0. The summed E-state index contributed by atoms with van der Waals surface area (Å²) >= 11 is 0. The Labute approximate surface area is 248 Å². The Morgan fingerprint density at radius 2 is 0.952 bits per heavy atom. The van der Waals surface area contributed by atoms with Crippen LogP contribution in [-0.4, -0.2) is 11.5 Å². The monoisotopic (exact) mass is 543 g/mol. The maximum Gasteiger partial charge on any atom is 0.171 e. The van der Waals surface area contributed by atoms with Crippen LogP contribution >= 0.6 is 0 Å². The van der Waals surface area contributed by atoms with Crippen LogP contribution in [0.2, 0.25) is 0 Å². The summed E-state index contributed by atoms with van der Waals surface area (Å²) in [6.45, 7) is 0.541. The molecule has 0 aliphatic heterocycles. The summed E-state index contributed by atoms with van der Waals surface area (Å²) in [4.78, 5) is 20.0. The number of hydrogen-bond acceptors (Lipinski definition) is 2. The molecule has 42 heavy (non-hydrogen) atoms. The first-order chi connectivity index (χ1) is 20.8. The molecular weight excluding hydrogens is 510 g/mol. The molecule has 1 aliphatic carbocycles. The first kappa shape index (κ1) is 27.1. The van der Waals surface area contributed by atoms with Gasteiger partial charge < -0.3 is 0 Å². The van der Waals surface area contributed by atoms with Gasteiger partial charge in [0.15, 0.2) is 5.78 Å². The number of allylic oxidation sites excluding steroid dienone is 4. The second kappa shape index (κ2) is 13.1. The van der Waals surface area contributed by atoms with Crippen LogP contribution in [0.25, 0.3) is 0 Å². The zero-order valence-electron chi connectivity index (χ0n) is 23.5. The fourth-order valence-electron chi connectivity index (χ4n) is 5.88. The van der Waals surface area contributed by atoms with Gasteiger partial charge in [0.05, 0.1) is 12.5 Å². The highest BCUT2D eigenvalue weighted by Gasteiger charge is 2.36. The van der Waals surface area contributed by atoms with E-state index in [0.29, 0.717) is 6.54 Å². The highest BCUT2D eigenvalue weighted by Crippen LogP contribution is 2.38. The lowest BCUT2D eigenvalue weighted by Gasteiger charge is -2.27. The van der Waals surface area contributed by atoms with Crippen molar-refractivity contribution in [3.05, 3.63) is 203 Å². The van der Waals surface area contributed by atoms with Crippen LogP contribution in [0, 0.1) is 5.92 Å². The van der Waals surface area contributed by atoms with Gasteiger partial charge in [0.25, 0.3) is 0 Å². The maximum atomic E-state index is 14.7. The van der Waals surface area contributed by atoms with Crippen LogP contribution in [0.4, 0.5) is 0 Å². The van der Waals surface area contributed by atoms with E-state index in [2.05, 4.69) is 91.0 Å². The zero-order valence-corrected chi connectivity index (χ0v) is 23.5. The van der Waals surface area contributed by atoms with Crippen LogP contribution in [-0.2, 0) is 11.3 Å². The van der Waals surface area contributed by atoms with Gasteiger partial charge >= 0.3 is 0 Å². The van der Waals surface area contributed by atoms with E-state index in [-0.39, 0.29) is 17.6 Å². The fourth-order valence-corrected chi connectivity index (χ4v) is 5.88. The maximum absolute atomic E-state index is 14.7. The predicted molar refractivity (Wildman–Crippen MR) is 173 cm³/mol. The molecular formula is C40H33NO. The lowest BCUT2D eigenvalue weighted by atomic mass is 9.76. The molecule has 1 unspecified atom stereocenters. The Balaban J connectivity index is 1.46. The highest BCUT2D eigenvalue weighted by atomic mass is 16.1. The number of Topliss-reactive ketones (excluding diaryl/α,β-unsaturated/α-hetero) is 1. The number of ketones is 1. The number of rotatable bonds is 10. The zero-order chi connectivity index (χ0) is 28.6. The van der Waals surface area contributed by atoms with E-state index in [0.717, 1.165) is 39.1 Å². The molecule has 0 bridgehead atoms. The minimum Gasteiger partial charge on any atom is -0.293 e. The van der Waals surface area contributed by atoms with E-state index in [1.807, 2.05) is 78.9 Å². The van der Waals surface area contributed by atoms with Crippen molar-refractivity contribution in [2.75, 3.05) is 0 Å². The van der Waals surface area contributed by atoms with Crippen molar-refractivity contribution in [1.82, 2.24) is 0 Å². The van der Waals surface area contributed by atoms with Crippen molar-refractivity contribution < 1.29 is 4.79 Å². The SMILES string of the molecule is O=C(C1=CC=CC1C(=NCc1ccccc1)C(c1ccccc1)c1ccccc1)C(c1ccccc1)c1ccccc1. The summed E-state index contributed by atoms with van der Waals surface area (Å²) < 4.78 is 0. The summed E-state index contributed by atoms with van der Waals surface area (Å²) in [5.74, 6) is -0.647. The van der Waals surface area contributed by atoms with Crippen LogP contribution in [0.15, 0.2) is 180 Å². The van der Waals surface area contributed by atoms with E-state index in [1.165, 1.54) is 0 Å². The lowest BCUT2D eigenvalue weighted by Crippen LogP contribution is -2.28. The van der Waals surface area contributed by atoms with Crippen molar-refractivity contribution in [2.24, 2.45) is 10.9 Å². The number of benzene rings is 5. The Morgan fingerprint density at radius 3 is 1.40 bits per heavy atom. The van der Waals surface area contributed by atoms with Gasteiger partial charge in [0.1, 0.15) is 0 Å². The van der Waals surface area contributed by atoms with Crippen molar-refractivity contribution >= 4 is 11.5 Å². The standard InChI is InChI=1S/C40H33NO/c42-40(38(33-23-12-4-13-24-33)34-25-14-5-15-26-34)36-28-16-27-35(36)39(41-29-30-17-6-1-7-18-30)37(31-19-8-2-9-20-31)32-21-10-3-11-22-32/h1-28,35,37-38H,29H2. The Hall–Kier alpha value is -5.08. The number of hydrogen-bond donors (Lipinski definition) is 0. The van der Waals surface area contributed by atoms with Crippen molar-refractivity contribution in [1.29, 1.82) is 0 Å². The summed E-state index contributed by atoms with van der Waals surface area (Å²) in [5.41, 5.74) is 7.19. The van der Waals surface area contributed by atoms with Crippen LogP contribution in [0.5, 0.6) is 0 Å². The summed E-state index contributed by atoms with van der Waals surface area (Å²) in [6.07, 6.45) is 6.16. The Morgan fingerprint density at radius 1 is 0.548 bits per heavy atom. The van der Waals surface area contributed by atoms with E-state index < -0.39 is 5.92 Å². The average Bonchev–Trinajstić information content (AvgIpc) is 3.55. The molecule has 6 rings (SSSR count). The third-order valence-electron chi connectivity index (χ3n) is 7.89. The second-order valence-corrected chi connectivity index (χ2v) is 10.6. The number of carbonyl (C=O) groups is 1. The molecule has 2 nitrogen and oxygen atoms in total. The van der Waals surface area contributed by atoms with Crippen molar-refractivity contribution in [3.63, 3.8) is 0 Å². The molecule has 0 radical (unpaired) electrons. The Kier molecular flexibility index (Phi) is 8.43. The van der Waals surface area contributed by atoms with Crippen molar-refractivity contribution in [3.8, 4) is 0 Å². The summed E-state index contributed by atoms with van der Waals surface area (Å²) in [6, 6.07) is 51.6. The quantitative estimate of drug-likeness (QED) is 0.162. The van der Waals surface area contributed by atoms with Gasteiger partial charge in [-0.2, -0.15) is 0 Å². The van der Waals surface area contributed by atoms with Gasteiger partial charge in [0.2, 0.25) is 0 Å². The molecule has 5 aromatic carbocycles. The van der Waals surface area contributed by atoms with Gasteiger partial charge in [-0.1, -0.05) is 170 Å². The third-order valence-corrected chi connectivity index (χ3v) is 7.89. The molecule has 1 aliphatic rings. The van der Waals surface area contributed by atoms with Gasteiger partial charge in [-0.25, -0.2) is 0 Å². The molecule has 0 saturated heterocycles. The molecule has 2 heteroatoms.